The molecular weight excluding hydrogens is 344 g/mol. The highest BCUT2D eigenvalue weighted by Crippen LogP contribution is 2.32. The number of aryl methyl sites for hydroxylation is 1. The van der Waals surface area contributed by atoms with Crippen molar-refractivity contribution in [3.05, 3.63) is 29.8 Å². The largest absolute Gasteiger partial charge is 0.448 e. The van der Waals surface area contributed by atoms with Crippen LogP contribution >= 0.6 is 0 Å². The first-order chi connectivity index (χ1) is 11.7. The molecule has 1 amide bonds. The van der Waals surface area contributed by atoms with Crippen LogP contribution in [0.5, 0.6) is 0 Å². The number of carbonyl (C=O) groups is 2. The van der Waals surface area contributed by atoms with E-state index in [1.807, 2.05) is 6.92 Å². The summed E-state index contributed by atoms with van der Waals surface area (Å²) >= 11 is 0. The normalized spacial score (nSPS) is 18.3. The first-order valence-electron chi connectivity index (χ1n) is 8.28. The molecule has 3 N–H and O–H groups in total. The van der Waals surface area contributed by atoms with Crippen molar-refractivity contribution < 1.29 is 22.7 Å². The van der Waals surface area contributed by atoms with Gasteiger partial charge in [0.1, 0.15) is 6.04 Å². The predicted molar refractivity (Wildman–Crippen MR) is 92.1 cm³/mol. The molecule has 0 aliphatic heterocycles. The smallest absolute Gasteiger partial charge is 0.324 e. The lowest BCUT2D eigenvalue weighted by Crippen LogP contribution is -2.52. The number of nitrogens with one attached hydrogen (secondary N) is 1. The second-order valence-corrected chi connectivity index (χ2v) is 8.21. The Morgan fingerprint density at radius 1 is 1.16 bits per heavy atom. The number of amides is 1. The Bertz CT molecular complexity index is 737. The van der Waals surface area contributed by atoms with E-state index >= 15 is 0 Å². The summed E-state index contributed by atoms with van der Waals surface area (Å²) in [6.07, 6.45) is 3.15. The van der Waals surface area contributed by atoms with E-state index in [2.05, 4.69) is 4.72 Å². The first kappa shape index (κ1) is 19.4. The minimum absolute atomic E-state index is 0.0556. The number of esters is 1. The molecule has 0 spiro atoms. The number of rotatable bonds is 6. The second-order valence-electron chi connectivity index (χ2n) is 6.50. The van der Waals surface area contributed by atoms with Gasteiger partial charge in [0, 0.05) is 0 Å². The van der Waals surface area contributed by atoms with Crippen LogP contribution in [-0.4, -0.2) is 31.9 Å². The molecule has 8 heteroatoms. The number of carbonyl (C=O) groups excluding carboxylic acids is 2. The number of ether oxygens (including phenoxy) is 1. The molecule has 1 aromatic carbocycles. The molecule has 0 unspecified atom stereocenters. The lowest BCUT2D eigenvalue weighted by atomic mass is 9.84. The van der Waals surface area contributed by atoms with Crippen LogP contribution in [0.1, 0.15) is 44.6 Å². The van der Waals surface area contributed by atoms with E-state index in [4.69, 9.17) is 10.5 Å². The van der Waals surface area contributed by atoms with Crippen LogP contribution in [0.15, 0.2) is 29.2 Å². The molecule has 0 saturated heterocycles. The van der Waals surface area contributed by atoms with Crippen molar-refractivity contribution in [1.82, 2.24) is 4.72 Å². The van der Waals surface area contributed by atoms with Crippen LogP contribution in [0, 0.1) is 6.92 Å². The van der Waals surface area contributed by atoms with Crippen LogP contribution in [0.4, 0.5) is 0 Å². The summed E-state index contributed by atoms with van der Waals surface area (Å²) in [4.78, 5) is 24.2. The zero-order chi connectivity index (χ0) is 18.7. The van der Waals surface area contributed by atoms with Crippen LogP contribution in [0.3, 0.4) is 0 Å². The molecule has 1 aromatic rings. The Morgan fingerprint density at radius 3 is 2.24 bits per heavy atom. The van der Waals surface area contributed by atoms with Gasteiger partial charge in [-0.2, -0.15) is 4.72 Å². The van der Waals surface area contributed by atoms with Crippen LogP contribution in [0.25, 0.3) is 0 Å². The minimum atomic E-state index is -3.87. The van der Waals surface area contributed by atoms with E-state index in [0.717, 1.165) is 24.8 Å². The molecule has 1 fully saturated rings. The van der Waals surface area contributed by atoms with Gasteiger partial charge in [-0.3, -0.25) is 9.59 Å². The fraction of sp³-hybridized carbons (Fsp3) is 0.529. The highest BCUT2D eigenvalue weighted by molar-refractivity contribution is 7.89. The van der Waals surface area contributed by atoms with Crippen molar-refractivity contribution in [2.24, 2.45) is 5.73 Å². The van der Waals surface area contributed by atoms with Gasteiger partial charge in [0.25, 0.3) is 5.91 Å². The summed E-state index contributed by atoms with van der Waals surface area (Å²) in [5.41, 5.74) is 5.02. The van der Waals surface area contributed by atoms with Gasteiger partial charge in [-0.1, -0.05) is 24.1 Å². The average Bonchev–Trinajstić information content (AvgIpc) is 2.55. The second kappa shape index (κ2) is 7.53. The van der Waals surface area contributed by atoms with Gasteiger partial charge < -0.3 is 10.5 Å². The molecule has 0 radical (unpaired) electrons. The number of hydrogen-bond donors (Lipinski definition) is 2. The van der Waals surface area contributed by atoms with E-state index < -0.39 is 33.5 Å². The molecule has 138 valence electrons. The summed E-state index contributed by atoms with van der Waals surface area (Å²) < 4.78 is 32.4. The van der Waals surface area contributed by atoms with Gasteiger partial charge in [-0.15, -0.1) is 0 Å². The third kappa shape index (κ3) is 4.58. The number of primary amides is 1. The zero-order valence-corrected chi connectivity index (χ0v) is 15.3. The van der Waals surface area contributed by atoms with E-state index in [9.17, 15) is 18.0 Å². The summed E-state index contributed by atoms with van der Waals surface area (Å²) in [5, 5.41) is 0. The Balaban J connectivity index is 2.08. The Morgan fingerprint density at radius 2 is 1.72 bits per heavy atom. The molecule has 1 atom stereocenters. The number of benzene rings is 1. The fourth-order valence-corrected chi connectivity index (χ4v) is 4.06. The first-order valence-corrected chi connectivity index (χ1v) is 9.76. The Hall–Kier alpha value is -1.93. The van der Waals surface area contributed by atoms with E-state index in [0.29, 0.717) is 12.8 Å². The molecule has 1 aliphatic rings. The lowest BCUT2D eigenvalue weighted by molar-refractivity contribution is -0.172. The number of sulfonamides is 1. The third-order valence-electron chi connectivity index (χ3n) is 4.42. The standard InChI is InChI=1S/C17H24N2O5S/c1-12-6-8-14(9-7-12)25(22,23)19-13(2)15(20)24-17(16(18)21)10-4-3-5-11-17/h6-9,13,19H,3-5,10-11H2,1-2H3,(H2,18,21)/t13-/m0/s1. The van der Waals surface area contributed by atoms with Gasteiger partial charge >= 0.3 is 5.97 Å². The molecule has 1 aliphatic carbocycles. The van der Waals surface area contributed by atoms with Crippen molar-refractivity contribution in [1.29, 1.82) is 0 Å². The van der Waals surface area contributed by atoms with Gasteiger partial charge in [-0.25, -0.2) is 8.42 Å². The average molecular weight is 368 g/mol. The topological polar surface area (TPSA) is 116 Å². The molecule has 0 heterocycles. The van der Waals surface area contributed by atoms with Gasteiger partial charge in [0.2, 0.25) is 10.0 Å². The molecule has 0 aromatic heterocycles. The van der Waals surface area contributed by atoms with Crippen molar-refractivity contribution >= 4 is 21.9 Å². The van der Waals surface area contributed by atoms with Crippen molar-refractivity contribution in [3.63, 3.8) is 0 Å². The molecule has 25 heavy (non-hydrogen) atoms. The highest BCUT2D eigenvalue weighted by Gasteiger charge is 2.42. The van der Waals surface area contributed by atoms with E-state index in [1.165, 1.54) is 19.1 Å². The number of nitrogens with two attached hydrogens (primary N) is 1. The quantitative estimate of drug-likeness (QED) is 0.736. The summed E-state index contributed by atoms with van der Waals surface area (Å²) in [6.45, 7) is 3.23. The maximum atomic E-state index is 12.4. The van der Waals surface area contributed by atoms with Gasteiger partial charge in [0.15, 0.2) is 5.60 Å². The minimum Gasteiger partial charge on any atom is -0.448 e. The van der Waals surface area contributed by atoms with Crippen LogP contribution in [0.2, 0.25) is 0 Å². The monoisotopic (exact) mass is 368 g/mol. The maximum Gasteiger partial charge on any atom is 0.324 e. The molecule has 1 saturated carbocycles. The molecule has 0 bridgehead atoms. The van der Waals surface area contributed by atoms with Crippen molar-refractivity contribution in [2.45, 2.75) is 62.5 Å². The number of hydrogen-bond acceptors (Lipinski definition) is 5. The zero-order valence-electron chi connectivity index (χ0n) is 14.4. The van der Waals surface area contributed by atoms with Crippen LogP contribution in [-0.2, 0) is 24.3 Å². The van der Waals surface area contributed by atoms with Gasteiger partial charge in [-0.05, 0) is 51.7 Å². The van der Waals surface area contributed by atoms with Gasteiger partial charge in [0.05, 0.1) is 4.90 Å². The molecule has 2 rings (SSSR count). The summed E-state index contributed by atoms with van der Waals surface area (Å²) in [7, 11) is -3.87. The fourth-order valence-electron chi connectivity index (χ4n) is 2.87. The maximum absolute atomic E-state index is 12.4. The summed E-state index contributed by atoms with van der Waals surface area (Å²) in [5.74, 6) is -1.49. The third-order valence-corrected chi connectivity index (χ3v) is 5.98. The van der Waals surface area contributed by atoms with E-state index in [1.54, 1.807) is 12.1 Å². The highest BCUT2D eigenvalue weighted by atomic mass is 32.2. The SMILES string of the molecule is Cc1ccc(S(=O)(=O)N[C@@H](C)C(=O)OC2(C(N)=O)CCCCC2)cc1. The van der Waals surface area contributed by atoms with Crippen molar-refractivity contribution in [2.75, 3.05) is 0 Å². The lowest BCUT2D eigenvalue weighted by Gasteiger charge is -2.34. The Labute approximate surface area is 148 Å². The predicted octanol–water partition coefficient (Wildman–Crippen LogP) is 1.39. The van der Waals surface area contributed by atoms with Crippen molar-refractivity contribution in [3.8, 4) is 0 Å². The van der Waals surface area contributed by atoms with Crippen LogP contribution < -0.4 is 10.5 Å². The van der Waals surface area contributed by atoms with E-state index in [-0.39, 0.29) is 4.90 Å². The molecule has 7 nitrogen and oxygen atoms in total. The summed E-state index contributed by atoms with van der Waals surface area (Å²) in [6, 6.07) is 5.12. The Kier molecular flexibility index (Phi) is 5.84. The molecular formula is C17H24N2O5S.